The first-order valence-electron chi connectivity index (χ1n) is 4.49. The van der Waals surface area contributed by atoms with Gasteiger partial charge in [0.15, 0.2) is 0 Å². The highest BCUT2D eigenvalue weighted by molar-refractivity contribution is 9.10. The minimum absolute atomic E-state index is 0.539. The molecule has 1 aromatic carbocycles. The van der Waals surface area contributed by atoms with Gasteiger partial charge in [-0.3, -0.25) is 0 Å². The Labute approximate surface area is 106 Å². The number of thiazole rings is 1. The van der Waals surface area contributed by atoms with Gasteiger partial charge >= 0.3 is 0 Å². The van der Waals surface area contributed by atoms with Gasteiger partial charge < -0.3 is 0 Å². The third-order valence-electron chi connectivity index (χ3n) is 2.09. The van der Waals surface area contributed by atoms with Crippen LogP contribution in [-0.2, 0) is 5.88 Å². The maximum Gasteiger partial charge on any atom is 0.123 e. The van der Waals surface area contributed by atoms with Gasteiger partial charge in [0, 0.05) is 14.9 Å². The zero-order valence-corrected chi connectivity index (χ0v) is 11.3. The third-order valence-corrected chi connectivity index (χ3v) is 4.21. The van der Waals surface area contributed by atoms with Gasteiger partial charge in [-0.2, -0.15) is 0 Å². The second kappa shape index (κ2) is 4.64. The molecular formula is C11H9BrClNS. The molecule has 0 fully saturated rings. The molecule has 0 radical (unpaired) electrons. The van der Waals surface area contributed by atoms with Crippen molar-refractivity contribution < 1.29 is 0 Å². The average molecular weight is 303 g/mol. The first kappa shape index (κ1) is 11.1. The summed E-state index contributed by atoms with van der Waals surface area (Å²) in [7, 11) is 0. The molecular weight excluding hydrogens is 294 g/mol. The average Bonchev–Trinajstić information content (AvgIpc) is 2.60. The van der Waals surface area contributed by atoms with Crippen molar-refractivity contribution in [1.29, 1.82) is 0 Å². The molecule has 0 N–H and O–H groups in total. The van der Waals surface area contributed by atoms with Crippen LogP contribution in [0.3, 0.4) is 0 Å². The van der Waals surface area contributed by atoms with Crippen molar-refractivity contribution >= 4 is 38.9 Å². The van der Waals surface area contributed by atoms with Gasteiger partial charge in [-0.25, -0.2) is 4.98 Å². The highest BCUT2D eigenvalue weighted by atomic mass is 79.9. The molecule has 0 aliphatic rings. The summed E-state index contributed by atoms with van der Waals surface area (Å²) in [5, 5.41) is 1.03. The predicted molar refractivity (Wildman–Crippen MR) is 69.5 cm³/mol. The van der Waals surface area contributed by atoms with Crippen LogP contribution < -0.4 is 0 Å². The third kappa shape index (κ3) is 2.41. The second-order valence-electron chi connectivity index (χ2n) is 3.17. The van der Waals surface area contributed by atoms with E-state index in [2.05, 4.69) is 33.0 Å². The molecule has 15 heavy (non-hydrogen) atoms. The van der Waals surface area contributed by atoms with Gasteiger partial charge in [0.2, 0.25) is 0 Å². The summed E-state index contributed by atoms with van der Waals surface area (Å²) < 4.78 is 1.07. The topological polar surface area (TPSA) is 12.9 Å². The van der Waals surface area contributed by atoms with Gasteiger partial charge in [0.25, 0.3) is 0 Å². The molecule has 1 aromatic heterocycles. The van der Waals surface area contributed by atoms with Crippen molar-refractivity contribution in [3.05, 3.63) is 39.3 Å². The summed E-state index contributed by atoms with van der Waals surface area (Å²) in [6, 6.07) is 8.14. The Balaban J connectivity index is 2.45. The monoisotopic (exact) mass is 301 g/mol. The zero-order chi connectivity index (χ0) is 10.8. The Bertz CT molecular complexity index is 481. The lowest BCUT2D eigenvalue weighted by molar-refractivity contribution is 1.22. The lowest BCUT2D eigenvalue weighted by Gasteiger charge is -1.95. The lowest BCUT2D eigenvalue weighted by Crippen LogP contribution is -1.78. The van der Waals surface area contributed by atoms with Crippen LogP contribution in [-0.4, -0.2) is 4.98 Å². The Morgan fingerprint density at radius 1 is 1.47 bits per heavy atom. The molecule has 0 aliphatic carbocycles. The molecule has 1 heterocycles. The summed E-state index contributed by atoms with van der Waals surface area (Å²) in [5.41, 5.74) is 2.17. The van der Waals surface area contributed by atoms with Crippen molar-refractivity contribution in [2.75, 3.05) is 0 Å². The molecule has 4 heteroatoms. The van der Waals surface area contributed by atoms with E-state index in [4.69, 9.17) is 11.6 Å². The minimum Gasteiger partial charge on any atom is -0.241 e. The predicted octanol–water partition coefficient (Wildman–Crippen LogP) is 4.62. The Kier molecular flexibility index (Phi) is 3.44. The van der Waals surface area contributed by atoms with Gasteiger partial charge in [-0.15, -0.1) is 22.9 Å². The van der Waals surface area contributed by atoms with Crippen LogP contribution >= 0.6 is 38.9 Å². The number of rotatable bonds is 2. The number of aromatic nitrogens is 1. The van der Waals surface area contributed by atoms with Gasteiger partial charge in [-0.1, -0.05) is 28.1 Å². The number of hydrogen-bond acceptors (Lipinski definition) is 2. The SMILES string of the molecule is Cc1nc(-c2cccc(Br)c2)sc1CCl. The number of hydrogen-bond donors (Lipinski definition) is 0. The fraction of sp³-hybridized carbons (Fsp3) is 0.182. The van der Waals surface area contributed by atoms with E-state index in [1.54, 1.807) is 11.3 Å². The van der Waals surface area contributed by atoms with Crippen LogP contribution in [0, 0.1) is 6.92 Å². The van der Waals surface area contributed by atoms with E-state index in [0.29, 0.717) is 5.88 Å². The fourth-order valence-corrected chi connectivity index (χ4v) is 2.96. The van der Waals surface area contributed by atoms with E-state index >= 15 is 0 Å². The molecule has 2 rings (SSSR count). The summed E-state index contributed by atoms with van der Waals surface area (Å²) in [6.07, 6.45) is 0. The smallest absolute Gasteiger partial charge is 0.123 e. The van der Waals surface area contributed by atoms with Gasteiger partial charge in [0.05, 0.1) is 11.6 Å². The summed E-state index contributed by atoms with van der Waals surface area (Å²) >= 11 is 10.9. The molecule has 0 saturated heterocycles. The normalized spacial score (nSPS) is 10.6. The largest absolute Gasteiger partial charge is 0.241 e. The molecule has 0 atom stereocenters. The lowest BCUT2D eigenvalue weighted by atomic mass is 10.2. The van der Waals surface area contributed by atoms with Crippen LogP contribution in [0.4, 0.5) is 0 Å². The zero-order valence-electron chi connectivity index (χ0n) is 8.13. The second-order valence-corrected chi connectivity index (χ2v) is 5.44. The molecule has 0 amide bonds. The van der Waals surface area contributed by atoms with E-state index in [-0.39, 0.29) is 0 Å². The summed E-state index contributed by atoms with van der Waals surface area (Å²) in [5.74, 6) is 0.539. The van der Waals surface area contributed by atoms with E-state index in [9.17, 15) is 0 Å². The van der Waals surface area contributed by atoms with Crippen LogP contribution in [0.25, 0.3) is 10.6 Å². The molecule has 2 aromatic rings. The first-order valence-corrected chi connectivity index (χ1v) is 6.63. The quantitative estimate of drug-likeness (QED) is 0.738. The maximum absolute atomic E-state index is 5.83. The Morgan fingerprint density at radius 2 is 2.27 bits per heavy atom. The Morgan fingerprint density at radius 3 is 2.87 bits per heavy atom. The number of aryl methyl sites for hydroxylation is 1. The molecule has 0 saturated carbocycles. The fourth-order valence-electron chi connectivity index (χ4n) is 1.30. The minimum atomic E-state index is 0.539. The van der Waals surface area contributed by atoms with Crippen molar-refractivity contribution in [2.45, 2.75) is 12.8 Å². The molecule has 78 valence electrons. The van der Waals surface area contributed by atoms with Crippen molar-refractivity contribution in [1.82, 2.24) is 4.98 Å². The van der Waals surface area contributed by atoms with Crippen molar-refractivity contribution in [3.8, 4) is 10.6 Å². The molecule has 0 unspecified atom stereocenters. The molecule has 0 aliphatic heterocycles. The Hall–Kier alpha value is -0.380. The van der Waals surface area contributed by atoms with Crippen LogP contribution in [0.2, 0.25) is 0 Å². The van der Waals surface area contributed by atoms with Crippen LogP contribution in [0.1, 0.15) is 10.6 Å². The molecule has 0 bridgehead atoms. The standard InChI is InChI=1S/C11H9BrClNS/c1-7-10(6-13)15-11(14-7)8-3-2-4-9(12)5-8/h2-5H,6H2,1H3. The molecule has 0 spiro atoms. The maximum atomic E-state index is 5.83. The van der Waals surface area contributed by atoms with Gasteiger partial charge in [-0.05, 0) is 19.1 Å². The number of alkyl halides is 1. The van der Waals surface area contributed by atoms with E-state index in [0.717, 1.165) is 25.6 Å². The van der Waals surface area contributed by atoms with E-state index < -0.39 is 0 Å². The highest BCUT2D eigenvalue weighted by Gasteiger charge is 2.08. The van der Waals surface area contributed by atoms with Gasteiger partial charge in [0.1, 0.15) is 5.01 Å². The number of benzene rings is 1. The molecule has 1 nitrogen and oxygen atoms in total. The van der Waals surface area contributed by atoms with Crippen LogP contribution in [0.15, 0.2) is 28.7 Å². The number of nitrogens with zero attached hydrogens (tertiary/aromatic N) is 1. The van der Waals surface area contributed by atoms with E-state index in [1.165, 1.54) is 0 Å². The number of halogens is 2. The highest BCUT2D eigenvalue weighted by Crippen LogP contribution is 2.30. The summed E-state index contributed by atoms with van der Waals surface area (Å²) in [4.78, 5) is 5.65. The summed E-state index contributed by atoms with van der Waals surface area (Å²) in [6.45, 7) is 2.00. The van der Waals surface area contributed by atoms with Crippen molar-refractivity contribution in [2.24, 2.45) is 0 Å². The van der Waals surface area contributed by atoms with Crippen LogP contribution in [0.5, 0.6) is 0 Å². The van der Waals surface area contributed by atoms with Crippen molar-refractivity contribution in [3.63, 3.8) is 0 Å². The van der Waals surface area contributed by atoms with E-state index in [1.807, 2.05) is 19.1 Å². The first-order chi connectivity index (χ1) is 7.20.